The first-order valence-corrected chi connectivity index (χ1v) is 9.56. The molecule has 0 aliphatic carbocycles. The number of nitrogens with zero attached hydrogens (tertiary/aromatic N) is 2. The van der Waals surface area contributed by atoms with Gasteiger partial charge >= 0.3 is 0 Å². The topological polar surface area (TPSA) is 82.3 Å². The number of nitro groups is 1. The minimum absolute atomic E-state index is 0.0569. The first kappa shape index (κ1) is 20.0. The highest BCUT2D eigenvalue weighted by Crippen LogP contribution is 2.29. The molecule has 3 aromatic carbocycles. The minimum atomic E-state index is -0.496. The van der Waals surface area contributed by atoms with Crippen LogP contribution in [0.4, 0.5) is 5.69 Å². The average molecular weight is 410 g/mol. The van der Waals surface area contributed by atoms with E-state index in [2.05, 4.69) is 0 Å². The summed E-state index contributed by atoms with van der Waals surface area (Å²) < 4.78 is 5.24. The van der Waals surface area contributed by atoms with Gasteiger partial charge in [-0.3, -0.25) is 14.9 Å². The first-order valence-electron chi connectivity index (χ1n) is 9.56. The fourth-order valence-electron chi connectivity index (χ4n) is 3.26. The van der Waals surface area contributed by atoms with Crippen LogP contribution in [0.1, 0.15) is 16.1 Å². The van der Waals surface area contributed by atoms with Crippen LogP contribution in [-0.2, 0) is 0 Å². The zero-order valence-electron chi connectivity index (χ0n) is 16.7. The second kappa shape index (κ2) is 8.59. The van der Waals surface area contributed by atoms with E-state index in [0.717, 1.165) is 27.8 Å². The van der Waals surface area contributed by atoms with Crippen LogP contribution in [0.2, 0.25) is 0 Å². The lowest BCUT2D eigenvalue weighted by Crippen LogP contribution is -1.96. The summed E-state index contributed by atoms with van der Waals surface area (Å²) in [7, 11) is 1.62. The standard InChI is InChI=1S/C25H18N2O4/c1-31-21-12-8-17(9-13-21)22-16-19-4-2-3-5-23(19)26-24(22)14-15-25(28)18-6-10-20(11-7-18)27(29)30/h2-16H,1H3/b15-14+. The lowest BCUT2D eigenvalue weighted by Gasteiger charge is -2.09. The number of carbonyl (C=O) groups is 1. The summed E-state index contributed by atoms with van der Waals surface area (Å²) in [5.41, 5.74) is 3.61. The molecule has 0 fully saturated rings. The van der Waals surface area contributed by atoms with Gasteiger partial charge in [0, 0.05) is 28.6 Å². The van der Waals surface area contributed by atoms with Crippen molar-refractivity contribution in [3.05, 3.63) is 106 Å². The molecule has 6 heteroatoms. The molecule has 4 aromatic rings. The van der Waals surface area contributed by atoms with Gasteiger partial charge in [-0.05, 0) is 54.1 Å². The van der Waals surface area contributed by atoms with Crippen LogP contribution in [0, 0.1) is 10.1 Å². The zero-order valence-corrected chi connectivity index (χ0v) is 16.7. The fourth-order valence-corrected chi connectivity index (χ4v) is 3.26. The van der Waals surface area contributed by atoms with E-state index in [1.54, 1.807) is 13.2 Å². The molecule has 6 nitrogen and oxygen atoms in total. The number of para-hydroxylation sites is 1. The molecule has 0 unspecified atom stereocenters. The monoisotopic (exact) mass is 410 g/mol. The summed E-state index contributed by atoms with van der Waals surface area (Å²) in [5.74, 6) is 0.494. The second-order valence-electron chi connectivity index (χ2n) is 6.84. The Morgan fingerprint density at radius 1 is 1.00 bits per heavy atom. The average Bonchev–Trinajstić information content (AvgIpc) is 2.82. The van der Waals surface area contributed by atoms with Crippen molar-refractivity contribution in [3.8, 4) is 16.9 Å². The number of rotatable bonds is 6. The van der Waals surface area contributed by atoms with Crippen molar-refractivity contribution < 1.29 is 14.5 Å². The van der Waals surface area contributed by atoms with E-state index in [-0.39, 0.29) is 11.5 Å². The van der Waals surface area contributed by atoms with E-state index in [1.807, 2.05) is 54.6 Å². The molecular weight excluding hydrogens is 392 g/mol. The highest BCUT2D eigenvalue weighted by Gasteiger charge is 2.10. The van der Waals surface area contributed by atoms with E-state index >= 15 is 0 Å². The molecule has 0 radical (unpaired) electrons. The second-order valence-corrected chi connectivity index (χ2v) is 6.84. The molecule has 0 aliphatic rings. The summed E-state index contributed by atoms with van der Waals surface area (Å²) in [6.45, 7) is 0. The first-order chi connectivity index (χ1) is 15.0. The van der Waals surface area contributed by atoms with Gasteiger partial charge in [0.1, 0.15) is 5.75 Å². The fraction of sp³-hybridized carbons (Fsp3) is 0.0400. The molecule has 0 spiro atoms. The molecule has 1 aromatic heterocycles. The zero-order chi connectivity index (χ0) is 21.8. The van der Waals surface area contributed by atoms with Gasteiger partial charge in [-0.1, -0.05) is 30.3 Å². The number of pyridine rings is 1. The molecule has 0 atom stereocenters. The van der Waals surface area contributed by atoms with Gasteiger partial charge in [0.25, 0.3) is 5.69 Å². The van der Waals surface area contributed by atoms with E-state index in [1.165, 1.54) is 30.3 Å². The summed E-state index contributed by atoms with van der Waals surface area (Å²) in [4.78, 5) is 27.6. The number of hydrogen-bond acceptors (Lipinski definition) is 5. The number of methoxy groups -OCH3 is 1. The molecule has 152 valence electrons. The highest BCUT2D eigenvalue weighted by molar-refractivity contribution is 6.07. The lowest BCUT2D eigenvalue weighted by molar-refractivity contribution is -0.384. The number of ether oxygens (including phenoxy) is 1. The van der Waals surface area contributed by atoms with Gasteiger partial charge < -0.3 is 4.74 Å². The maximum absolute atomic E-state index is 12.6. The number of ketones is 1. The predicted octanol–water partition coefficient (Wildman–Crippen LogP) is 5.71. The Labute approximate surface area is 178 Å². The third-order valence-electron chi connectivity index (χ3n) is 4.91. The Balaban J connectivity index is 1.72. The van der Waals surface area contributed by atoms with Gasteiger partial charge in [0.15, 0.2) is 5.78 Å². The van der Waals surface area contributed by atoms with E-state index in [4.69, 9.17) is 9.72 Å². The summed E-state index contributed by atoms with van der Waals surface area (Å²) in [6.07, 6.45) is 3.11. The smallest absolute Gasteiger partial charge is 0.269 e. The quantitative estimate of drug-likeness (QED) is 0.176. The van der Waals surface area contributed by atoms with Crippen molar-refractivity contribution >= 4 is 28.4 Å². The predicted molar refractivity (Wildman–Crippen MR) is 120 cm³/mol. The molecule has 4 rings (SSSR count). The maximum Gasteiger partial charge on any atom is 0.269 e. The van der Waals surface area contributed by atoms with Crippen molar-refractivity contribution in [2.75, 3.05) is 7.11 Å². The Morgan fingerprint density at radius 2 is 1.71 bits per heavy atom. The van der Waals surface area contributed by atoms with Gasteiger partial charge in [-0.15, -0.1) is 0 Å². The van der Waals surface area contributed by atoms with Gasteiger partial charge in [0.05, 0.1) is 23.2 Å². The molecule has 0 aliphatic heterocycles. The normalized spacial score (nSPS) is 11.0. The Kier molecular flexibility index (Phi) is 5.53. The number of allylic oxidation sites excluding steroid dienone is 1. The Hall–Kier alpha value is -4.32. The highest BCUT2D eigenvalue weighted by atomic mass is 16.6. The number of aromatic nitrogens is 1. The Morgan fingerprint density at radius 3 is 2.39 bits per heavy atom. The van der Waals surface area contributed by atoms with Gasteiger partial charge in [-0.2, -0.15) is 0 Å². The van der Waals surface area contributed by atoms with Crippen LogP contribution < -0.4 is 4.74 Å². The molecule has 1 heterocycles. The van der Waals surface area contributed by atoms with Crippen LogP contribution >= 0.6 is 0 Å². The maximum atomic E-state index is 12.6. The summed E-state index contributed by atoms with van der Waals surface area (Å²) in [6, 6.07) is 23.0. The van der Waals surface area contributed by atoms with Gasteiger partial charge in [0.2, 0.25) is 0 Å². The third kappa shape index (κ3) is 4.33. The van der Waals surface area contributed by atoms with Crippen molar-refractivity contribution in [1.82, 2.24) is 4.98 Å². The van der Waals surface area contributed by atoms with Crippen LogP contribution in [0.3, 0.4) is 0 Å². The van der Waals surface area contributed by atoms with Crippen molar-refractivity contribution in [1.29, 1.82) is 0 Å². The third-order valence-corrected chi connectivity index (χ3v) is 4.91. The summed E-state index contributed by atoms with van der Waals surface area (Å²) >= 11 is 0. The minimum Gasteiger partial charge on any atom is -0.497 e. The van der Waals surface area contributed by atoms with E-state index in [9.17, 15) is 14.9 Å². The molecular formula is C25H18N2O4. The number of nitro benzene ring substituents is 1. The van der Waals surface area contributed by atoms with Crippen molar-refractivity contribution in [3.63, 3.8) is 0 Å². The largest absolute Gasteiger partial charge is 0.497 e. The van der Waals surface area contributed by atoms with Gasteiger partial charge in [-0.25, -0.2) is 4.98 Å². The summed E-state index contributed by atoms with van der Waals surface area (Å²) in [5, 5.41) is 11.8. The van der Waals surface area contributed by atoms with Crippen molar-refractivity contribution in [2.24, 2.45) is 0 Å². The van der Waals surface area contributed by atoms with Crippen LogP contribution in [0.5, 0.6) is 5.75 Å². The van der Waals surface area contributed by atoms with Crippen LogP contribution in [-0.4, -0.2) is 22.8 Å². The Bertz CT molecular complexity index is 1290. The molecule has 0 saturated carbocycles. The van der Waals surface area contributed by atoms with E-state index in [0.29, 0.717) is 11.3 Å². The SMILES string of the molecule is COc1ccc(-c2cc3ccccc3nc2/C=C/C(=O)c2ccc([N+](=O)[O-])cc2)cc1. The molecule has 31 heavy (non-hydrogen) atoms. The number of non-ortho nitro benzene ring substituents is 1. The van der Waals surface area contributed by atoms with Crippen LogP contribution in [0.15, 0.2) is 84.9 Å². The molecule has 0 N–H and O–H groups in total. The molecule has 0 amide bonds. The van der Waals surface area contributed by atoms with Crippen molar-refractivity contribution in [2.45, 2.75) is 0 Å². The molecule has 0 saturated heterocycles. The number of benzene rings is 3. The lowest BCUT2D eigenvalue weighted by atomic mass is 10.0. The number of hydrogen-bond donors (Lipinski definition) is 0. The number of fused-ring (bicyclic) bond motifs is 1. The molecule has 0 bridgehead atoms. The number of carbonyl (C=O) groups excluding carboxylic acids is 1. The van der Waals surface area contributed by atoms with Crippen LogP contribution in [0.25, 0.3) is 28.1 Å². The van der Waals surface area contributed by atoms with E-state index < -0.39 is 4.92 Å².